The average Bonchev–Trinajstić information content (AvgIpc) is 3.22. The van der Waals surface area contributed by atoms with Crippen molar-refractivity contribution >= 4 is 21.6 Å². The number of amides is 1. The van der Waals surface area contributed by atoms with E-state index >= 15 is 0 Å². The van der Waals surface area contributed by atoms with Gasteiger partial charge in [-0.25, -0.2) is 12.7 Å². The summed E-state index contributed by atoms with van der Waals surface area (Å²) in [6, 6.07) is 6.98. The van der Waals surface area contributed by atoms with Crippen LogP contribution in [-0.2, 0) is 14.8 Å². The lowest BCUT2D eigenvalue weighted by molar-refractivity contribution is -0.117. The molecule has 1 aliphatic carbocycles. The molecular weight excluding hydrogens is 316 g/mol. The molecule has 0 unspecified atom stereocenters. The Bertz CT molecular complexity index is 714. The van der Waals surface area contributed by atoms with E-state index in [-0.39, 0.29) is 12.0 Å². The largest absolute Gasteiger partial charge is 0.491 e. The fourth-order valence-corrected chi connectivity index (χ4v) is 5.35. The van der Waals surface area contributed by atoms with E-state index in [1.807, 2.05) is 13.8 Å². The fourth-order valence-electron chi connectivity index (χ4n) is 3.22. The molecule has 7 heteroatoms. The molecule has 1 saturated heterocycles. The molecule has 126 valence electrons. The van der Waals surface area contributed by atoms with E-state index in [1.54, 1.807) is 24.3 Å². The van der Waals surface area contributed by atoms with Crippen LogP contribution < -0.4 is 10.1 Å². The standard InChI is InChI=1S/C16H22N2O4S/c1-11(2)22-14-6-4-13(5-7-14)17-15(19)16-10-12(16)8-9-18(3)23(16,20)21/h4-7,11-12H,8-10H2,1-3H3,(H,17,19)/t12-,16-/m0/s1. The monoisotopic (exact) mass is 338 g/mol. The van der Waals surface area contributed by atoms with E-state index in [9.17, 15) is 13.2 Å². The molecule has 2 atom stereocenters. The molecule has 1 aliphatic heterocycles. The van der Waals surface area contributed by atoms with Crippen LogP contribution in [0.4, 0.5) is 5.69 Å². The summed E-state index contributed by atoms with van der Waals surface area (Å²) in [7, 11) is -2.04. The van der Waals surface area contributed by atoms with Crippen LogP contribution in [0.5, 0.6) is 5.75 Å². The van der Waals surface area contributed by atoms with E-state index in [0.29, 0.717) is 24.4 Å². The van der Waals surface area contributed by atoms with Crippen molar-refractivity contribution in [2.75, 3.05) is 18.9 Å². The molecule has 0 radical (unpaired) electrons. The minimum absolute atomic E-state index is 0.0627. The molecule has 0 bridgehead atoms. The van der Waals surface area contributed by atoms with Crippen LogP contribution >= 0.6 is 0 Å². The zero-order chi connectivity index (χ0) is 16.8. The lowest BCUT2D eigenvalue weighted by Crippen LogP contribution is -2.50. The van der Waals surface area contributed by atoms with Gasteiger partial charge in [0.05, 0.1) is 6.10 Å². The van der Waals surface area contributed by atoms with Crippen LogP contribution in [0.1, 0.15) is 26.7 Å². The van der Waals surface area contributed by atoms with Gasteiger partial charge in [-0.05, 0) is 56.9 Å². The molecule has 2 aliphatic rings. The summed E-state index contributed by atoms with van der Waals surface area (Å²) in [6.07, 6.45) is 1.23. The minimum atomic E-state index is -3.57. The molecule has 1 N–H and O–H groups in total. The normalized spacial score (nSPS) is 29.0. The first-order valence-electron chi connectivity index (χ1n) is 7.81. The second-order valence-corrected chi connectivity index (χ2v) is 8.85. The van der Waals surface area contributed by atoms with Gasteiger partial charge in [-0.2, -0.15) is 0 Å². The van der Waals surface area contributed by atoms with Crippen molar-refractivity contribution in [1.29, 1.82) is 0 Å². The van der Waals surface area contributed by atoms with Crippen molar-refractivity contribution in [3.05, 3.63) is 24.3 Å². The Kier molecular flexibility index (Phi) is 3.88. The van der Waals surface area contributed by atoms with Crippen molar-refractivity contribution in [2.45, 2.75) is 37.5 Å². The molecule has 1 saturated carbocycles. The summed E-state index contributed by atoms with van der Waals surface area (Å²) in [4.78, 5) is 12.6. The van der Waals surface area contributed by atoms with E-state index in [1.165, 1.54) is 11.4 Å². The van der Waals surface area contributed by atoms with Gasteiger partial charge in [0, 0.05) is 19.3 Å². The maximum absolute atomic E-state index is 12.6. The Morgan fingerprint density at radius 3 is 2.61 bits per heavy atom. The Morgan fingerprint density at radius 1 is 1.35 bits per heavy atom. The first-order valence-corrected chi connectivity index (χ1v) is 9.25. The predicted molar refractivity (Wildman–Crippen MR) is 87.8 cm³/mol. The second kappa shape index (κ2) is 5.49. The molecule has 3 rings (SSSR count). The minimum Gasteiger partial charge on any atom is -0.491 e. The number of hydrogen-bond donors (Lipinski definition) is 1. The molecule has 0 spiro atoms. The predicted octanol–water partition coefficient (Wildman–Crippen LogP) is 1.84. The number of rotatable bonds is 4. The number of carbonyl (C=O) groups excluding carboxylic acids is 1. The van der Waals surface area contributed by atoms with Gasteiger partial charge < -0.3 is 10.1 Å². The molecule has 1 aromatic rings. The Morgan fingerprint density at radius 2 is 2.00 bits per heavy atom. The van der Waals surface area contributed by atoms with Crippen molar-refractivity contribution in [2.24, 2.45) is 5.92 Å². The molecule has 2 fully saturated rings. The zero-order valence-electron chi connectivity index (χ0n) is 13.6. The quantitative estimate of drug-likeness (QED) is 0.909. The lowest BCUT2D eigenvalue weighted by atomic mass is 10.2. The third kappa shape index (κ3) is 2.61. The van der Waals surface area contributed by atoms with Crippen LogP contribution in [0, 0.1) is 5.92 Å². The summed E-state index contributed by atoms with van der Waals surface area (Å²) < 4.78 is 30.6. The molecule has 0 aromatic heterocycles. The van der Waals surface area contributed by atoms with Gasteiger partial charge >= 0.3 is 0 Å². The molecular formula is C16H22N2O4S. The molecule has 1 aromatic carbocycles. The summed E-state index contributed by atoms with van der Waals surface area (Å²) in [5, 5.41) is 2.75. The Balaban J connectivity index is 1.75. The van der Waals surface area contributed by atoms with E-state index in [0.717, 1.165) is 6.42 Å². The number of hydrogen-bond acceptors (Lipinski definition) is 4. The topological polar surface area (TPSA) is 75.7 Å². The highest BCUT2D eigenvalue weighted by molar-refractivity contribution is 7.91. The number of ether oxygens (including phenoxy) is 1. The Hall–Kier alpha value is -1.60. The van der Waals surface area contributed by atoms with Crippen molar-refractivity contribution in [3.63, 3.8) is 0 Å². The van der Waals surface area contributed by atoms with E-state index in [4.69, 9.17) is 4.74 Å². The number of benzene rings is 1. The van der Waals surface area contributed by atoms with E-state index < -0.39 is 20.7 Å². The maximum atomic E-state index is 12.6. The van der Waals surface area contributed by atoms with Crippen LogP contribution in [0.15, 0.2) is 24.3 Å². The third-order valence-electron chi connectivity index (χ3n) is 4.58. The third-order valence-corrected chi connectivity index (χ3v) is 7.19. The van der Waals surface area contributed by atoms with E-state index in [2.05, 4.69) is 5.32 Å². The summed E-state index contributed by atoms with van der Waals surface area (Å²) >= 11 is 0. The number of nitrogens with zero attached hydrogens (tertiary/aromatic N) is 1. The van der Waals surface area contributed by atoms with Crippen molar-refractivity contribution < 1.29 is 17.9 Å². The summed E-state index contributed by atoms with van der Waals surface area (Å²) in [5.41, 5.74) is 0.578. The van der Waals surface area contributed by atoms with Crippen LogP contribution in [-0.4, -0.2) is 43.1 Å². The first-order chi connectivity index (χ1) is 10.8. The summed E-state index contributed by atoms with van der Waals surface area (Å²) in [5.74, 6) is 0.226. The number of anilines is 1. The SMILES string of the molecule is CC(C)Oc1ccc(NC(=O)[C@]23C[C@@H]2CCN(C)S3(=O)=O)cc1. The smallest absolute Gasteiger partial charge is 0.247 e. The Labute approximate surface area is 136 Å². The van der Waals surface area contributed by atoms with Gasteiger partial charge in [-0.3, -0.25) is 4.79 Å². The molecule has 23 heavy (non-hydrogen) atoms. The number of nitrogens with one attached hydrogen (secondary N) is 1. The van der Waals surface area contributed by atoms with Crippen LogP contribution in [0.2, 0.25) is 0 Å². The van der Waals surface area contributed by atoms with Gasteiger partial charge in [0.25, 0.3) is 0 Å². The maximum Gasteiger partial charge on any atom is 0.247 e. The number of fused-ring (bicyclic) bond motifs is 1. The highest BCUT2D eigenvalue weighted by Crippen LogP contribution is 2.56. The molecule has 1 heterocycles. The number of sulfonamides is 1. The first kappa shape index (κ1) is 16.3. The van der Waals surface area contributed by atoms with Gasteiger partial charge in [0.1, 0.15) is 5.75 Å². The second-order valence-electron chi connectivity index (χ2n) is 6.55. The number of carbonyl (C=O) groups is 1. The highest BCUT2D eigenvalue weighted by atomic mass is 32.2. The zero-order valence-corrected chi connectivity index (χ0v) is 14.4. The van der Waals surface area contributed by atoms with Crippen molar-refractivity contribution in [1.82, 2.24) is 4.31 Å². The molecule has 6 nitrogen and oxygen atoms in total. The van der Waals surface area contributed by atoms with Gasteiger partial charge in [0.15, 0.2) is 4.75 Å². The average molecular weight is 338 g/mol. The van der Waals surface area contributed by atoms with Gasteiger partial charge in [0.2, 0.25) is 15.9 Å². The van der Waals surface area contributed by atoms with Gasteiger partial charge in [-0.1, -0.05) is 0 Å². The highest BCUT2D eigenvalue weighted by Gasteiger charge is 2.71. The summed E-state index contributed by atoms with van der Waals surface area (Å²) in [6.45, 7) is 4.36. The molecule has 1 amide bonds. The van der Waals surface area contributed by atoms with Crippen LogP contribution in [0.25, 0.3) is 0 Å². The van der Waals surface area contributed by atoms with Crippen molar-refractivity contribution in [3.8, 4) is 5.75 Å². The fraction of sp³-hybridized carbons (Fsp3) is 0.562. The van der Waals surface area contributed by atoms with Gasteiger partial charge in [-0.15, -0.1) is 0 Å². The lowest BCUT2D eigenvalue weighted by Gasteiger charge is -2.28. The van der Waals surface area contributed by atoms with Crippen LogP contribution in [0.3, 0.4) is 0 Å².